The normalized spacial score (nSPS) is 14.1. The number of carbonyl (C=O) groups is 2. The lowest BCUT2D eigenvalue weighted by molar-refractivity contribution is -0.385. The van der Waals surface area contributed by atoms with E-state index in [0.717, 1.165) is 27.8 Å². The van der Waals surface area contributed by atoms with Gasteiger partial charge in [-0.15, -0.1) is 6.58 Å². The second kappa shape index (κ2) is 12.2. The highest BCUT2D eigenvalue weighted by Gasteiger charge is 2.36. The van der Waals surface area contributed by atoms with Crippen LogP contribution in [0.3, 0.4) is 0 Å². The lowest BCUT2D eigenvalue weighted by atomic mass is 10.0. The predicted octanol–water partition coefficient (Wildman–Crippen LogP) is 6.54. The molecule has 0 unspecified atom stereocenters. The average Bonchev–Trinajstić information content (AvgIpc) is 3.16. The van der Waals surface area contributed by atoms with Crippen molar-refractivity contribution in [2.45, 2.75) is 26.5 Å². The molecule has 3 aromatic rings. The van der Waals surface area contributed by atoms with E-state index in [1.165, 1.54) is 12.1 Å². The van der Waals surface area contributed by atoms with Crippen LogP contribution >= 0.6 is 11.8 Å². The molecular formula is C29H26N2O6S. The number of imide groups is 1. The second-order valence-corrected chi connectivity index (χ2v) is 9.35. The first kappa shape index (κ1) is 26.7. The van der Waals surface area contributed by atoms with Crippen LogP contribution in [0.15, 0.2) is 84.3 Å². The summed E-state index contributed by atoms with van der Waals surface area (Å²) in [5.74, 6) is 0.608. The molecule has 0 aliphatic carbocycles. The SMILES string of the molecule is C=CCc1cc(/C=C2\SC(=O)N(Cc3ccccc3[N+](=O)[O-])C2=O)cc(OCC)c1OCc1ccccc1. The first-order chi connectivity index (χ1) is 18.4. The fraction of sp³-hybridized carbons (Fsp3) is 0.172. The standard InChI is InChI=1S/C29H26N2O6S/c1-3-10-22-15-21(16-25(36-4-2)27(22)37-19-20-11-6-5-7-12-20)17-26-28(32)30(29(33)38-26)18-23-13-8-9-14-24(23)31(34)35/h3,5-9,11-17H,1,4,10,18-19H2,2H3/b26-17-. The van der Waals surface area contributed by atoms with E-state index in [1.807, 2.05) is 43.3 Å². The Balaban J connectivity index is 1.63. The van der Waals surface area contributed by atoms with Crippen molar-refractivity contribution in [2.24, 2.45) is 0 Å². The van der Waals surface area contributed by atoms with E-state index in [9.17, 15) is 19.7 Å². The Morgan fingerprint density at radius 2 is 1.76 bits per heavy atom. The molecule has 0 spiro atoms. The van der Waals surface area contributed by atoms with Crippen molar-refractivity contribution >= 4 is 34.7 Å². The molecule has 1 heterocycles. The summed E-state index contributed by atoms with van der Waals surface area (Å²) in [5.41, 5.74) is 2.64. The molecule has 3 aromatic carbocycles. The number of nitro groups is 1. The number of allylic oxidation sites excluding steroid dienone is 1. The second-order valence-electron chi connectivity index (χ2n) is 8.36. The van der Waals surface area contributed by atoms with Gasteiger partial charge in [0.05, 0.1) is 23.0 Å². The summed E-state index contributed by atoms with van der Waals surface area (Å²) in [5, 5.41) is 10.9. The maximum atomic E-state index is 13.1. The molecule has 0 bridgehead atoms. The van der Waals surface area contributed by atoms with Gasteiger partial charge in [0.25, 0.3) is 16.8 Å². The third kappa shape index (κ3) is 6.12. The van der Waals surface area contributed by atoms with Crippen molar-refractivity contribution in [3.8, 4) is 11.5 Å². The molecule has 1 saturated heterocycles. The van der Waals surface area contributed by atoms with Gasteiger partial charge in [0.1, 0.15) is 6.61 Å². The molecule has 0 atom stereocenters. The van der Waals surface area contributed by atoms with E-state index in [1.54, 1.807) is 30.4 Å². The highest BCUT2D eigenvalue weighted by Crippen LogP contribution is 2.38. The Morgan fingerprint density at radius 1 is 1.03 bits per heavy atom. The molecule has 2 amide bonds. The summed E-state index contributed by atoms with van der Waals surface area (Å²) in [4.78, 5) is 37.9. The number of ether oxygens (including phenoxy) is 2. The molecule has 1 aliphatic heterocycles. The Morgan fingerprint density at radius 3 is 2.47 bits per heavy atom. The molecule has 1 fully saturated rings. The van der Waals surface area contributed by atoms with Crippen molar-refractivity contribution in [1.29, 1.82) is 0 Å². The van der Waals surface area contributed by atoms with Crippen LogP contribution in [0.5, 0.6) is 11.5 Å². The molecule has 1 aliphatic rings. The fourth-order valence-electron chi connectivity index (χ4n) is 4.01. The number of nitrogens with zero attached hydrogens (tertiary/aromatic N) is 2. The Hall–Kier alpha value is -4.37. The summed E-state index contributed by atoms with van der Waals surface area (Å²) in [6.45, 7) is 6.30. The number of rotatable bonds is 11. The van der Waals surface area contributed by atoms with Gasteiger partial charge in [-0.25, -0.2) is 0 Å². The van der Waals surface area contributed by atoms with E-state index >= 15 is 0 Å². The summed E-state index contributed by atoms with van der Waals surface area (Å²) < 4.78 is 12.0. The molecule has 194 valence electrons. The van der Waals surface area contributed by atoms with Gasteiger partial charge < -0.3 is 9.47 Å². The lowest BCUT2D eigenvalue weighted by Crippen LogP contribution is -2.27. The van der Waals surface area contributed by atoms with Crippen LogP contribution in [0.2, 0.25) is 0 Å². The average molecular weight is 531 g/mol. The topological polar surface area (TPSA) is 99.0 Å². The number of nitro benzene ring substituents is 1. The Bertz CT molecular complexity index is 1400. The van der Waals surface area contributed by atoms with E-state index < -0.39 is 16.1 Å². The van der Waals surface area contributed by atoms with E-state index in [-0.39, 0.29) is 22.7 Å². The Labute approximate surface area is 224 Å². The highest BCUT2D eigenvalue weighted by molar-refractivity contribution is 8.18. The number of benzene rings is 3. The van der Waals surface area contributed by atoms with E-state index in [0.29, 0.717) is 36.7 Å². The van der Waals surface area contributed by atoms with Gasteiger partial charge in [-0.1, -0.05) is 54.6 Å². The van der Waals surface area contributed by atoms with Crippen LogP contribution in [0.25, 0.3) is 6.08 Å². The van der Waals surface area contributed by atoms with Crippen molar-refractivity contribution in [1.82, 2.24) is 4.90 Å². The van der Waals surface area contributed by atoms with Gasteiger partial charge in [0, 0.05) is 17.2 Å². The van der Waals surface area contributed by atoms with Crippen LogP contribution in [0, 0.1) is 10.1 Å². The van der Waals surface area contributed by atoms with Gasteiger partial charge in [-0.2, -0.15) is 0 Å². The van der Waals surface area contributed by atoms with Crippen LogP contribution in [-0.2, 0) is 24.4 Å². The first-order valence-corrected chi connectivity index (χ1v) is 12.8. The van der Waals surface area contributed by atoms with Crippen LogP contribution in [0.1, 0.15) is 29.2 Å². The van der Waals surface area contributed by atoms with Gasteiger partial charge in [-0.05, 0) is 54.4 Å². The van der Waals surface area contributed by atoms with E-state index in [4.69, 9.17) is 9.47 Å². The van der Waals surface area contributed by atoms with Gasteiger partial charge in [0.15, 0.2) is 11.5 Å². The Kier molecular flexibility index (Phi) is 8.60. The summed E-state index contributed by atoms with van der Waals surface area (Å²) in [6.07, 6.45) is 3.89. The smallest absolute Gasteiger partial charge is 0.293 e. The molecule has 0 N–H and O–H groups in total. The molecule has 9 heteroatoms. The maximum absolute atomic E-state index is 13.1. The number of hydrogen-bond acceptors (Lipinski definition) is 7. The van der Waals surface area contributed by atoms with Gasteiger partial charge >= 0.3 is 0 Å². The predicted molar refractivity (Wildman–Crippen MR) is 147 cm³/mol. The number of hydrogen-bond donors (Lipinski definition) is 0. The monoisotopic (exact) mass is 530 g/mol. The van der Waals surface area contributed by atoms with Crippen LogP contribution in [0.4, 0.5) is 10.5 Å². The zero-order valence-corrected chi connectivity index (χ0v) is 21.6. The fourth-order valence-corrected chi connectivity index (χ4v) is 4.85. The quantitative estimate of drug-likeness (QED) is 0.120. The van der Waals surface area contributed by atoms with E-state index in [2.05, 4.69) is 6.58 Å². The van der Waals surface area contributed by atoms with Crippen LogP contribution < -0.4 is 9.47 Å². The maximum Gasteiger partial charge on any atom is 0.293 e. The summed E-state index contributed by atoms with van der Waals surface area (Å²) in [6, 6.07) is 19.5. The zero-order valence-electron chi connectivity index (χ0n) is 20.8. The summed E-state index contributed by atoms with van der Waals surface area (Å²) in [7, 11) is 0. The number of amides is 2. The van der Waals surface area contributed by atoms with Crippen molar-refractivity contribution in [3.05, 3.63) is 117 Å². The third-order valence-corrected chi connectivity index (χ3v) is 6.64. The van der Waals surface area contributed by atoms with Crippen molar-refractivity contribution < 1.29 is 24.0 Å². The van der Waals surface area contributed by atoms with Crippen molar-refractivity contribution in [3.63, 3.8) is 0 Å². The molecule has 0 aromatic heterocycles. The molecule has 38 heavy (non-hydrogen) atoms. The minimum Gasteiger partial charge on any atom is -0.490 e. The third-order valence-electron chi connectivity index (χ3n) is 5.73. The highest BCUT2D eigenvalue weighted by atomic mass is 32.2. The zero-order chi connectivity index (χ0) is 27.1. The number of thioether (sulfide) groups is 1. The van der Waals surface area contributed by atoms with Crippen molar-refractivity contribution in [2.75, 3.05) is 6.61 Å². The molecule has 8 nitrogen and oxygen atoms in total. The largest absolute Gasteiger partial charge is 0.490 e. The number of para-hydroxylation sites is 1. The molecule has 0 saturated carbocycles. The number of carbonyl (C=O) groups excluding carboxylic acids is 2. The lowest BCUT2D eigenvalue weighted by Gasteiger charge is -2.17. The van der Waals surface area contributed by atoms with Gasteiger partial charge in [0.2, 0.25) is 0 Å². The molecule has 0 radical (unpaired) electrons. The first-order valence-electron chi connectivity index (χ1n) is 12.0. The van der Waals surface area contributed by atoms with Gasteiger partial charge in [-0.3, -0.25) is 24.6 Å². The minimum atomic E-state index is -0.526. The molecule has 4 rings (SSSR count). The summed E-state index contributed by atoms with van der Waals surface area (Å²) >= 11 is 0.797. The minimum absolute atomic E-state index is 0.142. The van der Waals surface area contributed by atoms with Crippen LogP contribution in [-0.4, -0.2) is 27.6 Å². The molecular weight excluding hydrogens is 504 g/mol.